The van der Waals surface area contributed by atoms with Crippen molar-refractivity contribution in [3.05, 3.63) is 132 Å². The zero-order valence-corrected chi connectivity index (χ0v) is 45.9. The van der Waals surface area contributed by atoms with E-state index in [-0.39, 0.29) is 31.7 Å². The molecule has 0 saturated carbocycles. The van der Waals surface area contributed by atoms with Gasteiger partial charge in [-0.05, 0) is 123 Å². The van der Waals surface area contributed by atoms with Crippen LogP contribution < -0.4 is 16.0 Å². The van der Waals surface area contributed by atoms with Crippen molar-refractivity contribution in [2.75, 3.05) is 16.0 Å². The van der Waals surface area contributed by atoms with Gasteiger partial charge in [0.2, 0.25) is 17.7 Å². The zero-order valence-electron chi connectivity index (χ0n) is 43.5. The number of rotatable bonds is 12. The van der Waals surface area contributed by atoms with Gasteiger partial charge in [-0.25, -0.2) is 35.2 Å². The van der Waals surface area contributed by atoms with Crippen molar-refractivity contribution in [2.24, 2.45) is 0 Å². The van der Waals surface area contributed by atoms with Gasteiger partial charge in [-0.2, -0.15) is 26.3 Å². The number of anilines is 3. The molecule has 0 fully saturated rings. The third-order valence-corrected chi connectivity index (χ3v) is 18.5. The monoisotopic (exact) mass is 1140 g/mol. The number of sulfone groups is 3. The highest BCUT2D eigenvalue weighted by molar-refractivity contribution is 7.94. The first-order valence-corrected chi connectivity index (χ1v) is 27.0. The van der Waals surface area contributed by atoms with Crippen molar-refractivity contribution >= 4 is 64.7 Å². The Morgan fingerprint density at radius 1 is 0.468 bits per heavy atom. The van der Waals surface area contributed by atoms with E-state index in [0.29, 0.717) is 29.0 Å². The summed E-state index contributed by atoms with van der Waals surface area (Å²) in [4.78, 5) is 55.8. The molecular weight excluding hydrogens is 1080 g/mol. The number of carbonyl (C=O) groups is 3. The van der Waals surface area contributed by atoms with Crippen molar-refractivity contribution in [1.82, 2.24) is 30.1 Å². The number of aryl methyl sites for hydroxylation is 3. The molecule has 0 spiro atoms. The molecule has 0 unspecified atom stereocenters. The highest BCUT2D eigenvalue weighted by Crippen LogP contribution is 2.33. The summed E-state index contributed by atoms with van der Waals surface area (Å²) in [5, 5.41) is 10.7. The van der Waals surface area contributed by atoms with Gasteiger partial charge in [-0.15, -0.1) is 0 Å². The fourth-order valence-corrected chi connectivity index (χ4v) is 9.84. The Bertz CT molecular complexity index is 3440. The molecular formula is C49H55F6N9O10S3. The molecule has 6 aromatic heterocycles. The lowest BCUT2D eigenvalue weighted by atomic mass is 9.93. The van der Waals surface area contributed by atoms with Gasteiger partial charge in [-0.3, -0.25) is 29.3 Å². The summed E-state index contributed by atoms with van der Waals surface area (Å²) in [6.07, 6.45) is -5.15. The average Bonchev–Trinajstić information content (AvgIpc) is 3.81. The van der Waals surface area contributed by atoms with E-state index in [0.717, 1.165) is 56.6 Å². The predicted octanol–water partition coefficient (Wildman–Crippen LogP) is 8.86. The summed E-state index contributed by atoms with van der Waals surface area (Å²) in [6, 6.07) is 14.9. The van der Waals surface area contributed by atoms with E-state index in [9.17, 15) is 66.0 Å². The van der Waals surface area contributed by atoms with E-state index in [4.69, 9.17) is 4.52 Å². The van der Waals surface area contributed by atoms with Gasteiger partial charge in [0, 0.05) is 53.4 Å². The number of aromatic nitrogens is 6. The zero-order chi connectivity index (χ0) is 58.5. The van der Waals surface area contributed by atoms with Crippen LogP contribution in [0.15, 0.2) is 117 Å². The maximum atomic E-state index is 12.8. The van der Waals surface area contributed by atoms with E-state index in [1.54, 1.807) is 32.9 Å². The third kappa shape index (κ3) is 14.6. The fourth-order valence-electron chi connectivity index (χ4n) is 5.88. The van der Waals surface area contributed by atoms with Gasteiger partial charge in [0.15, 0.2) is 35.3 Å². The molecule has 416 valence electrons. The molecule has 3 N–H and O–H groups in total. The van der Waals surface area contributed by atoms with Gasteiger partial charge in [0.05, 0.1) is 20.2 Å². The molecule has 0 bridgehead atoms. The number of hydrogen-bond acceptors (Lipinski definition) is 16. The molecule has 0 aliphatic carbocycles. The number of nitrogens with zero attached hydrogens (tertiary/aromatic N) is 6. The highest BCUT2D eigenvalue weighted by Gasteiger charge is 2.46. The topological polar surface area (TPSA) is 280 Å². The summed E-state index contributed by atoms with van der Waals surface area (Å²) < 4.78 is 152. The molecule has 19 nitrogen and oxygen atoms in total. The highest BCUT2D eigenvalue weighted by atomic mass is 32.2. The summed E-state index contributed by atoms with van der Waals surface area (Å²) in [6.45, 7) is 18.3. The van der Waals surface area contributed by atoms with E-state index in [2.05, 4.69) is 46.0 Å². The van der Waals surface area contributed by atoms with Crippen LogP contribution in [0.1, 0.15) is 96.4 Å². The quantitative estimate of drug-likeness (QED) is 0.0965. The number of halogens is 6. The van der Waals surface area contributed by atoms with Gasteiger partial charge in [-0.1, -0.05) is 32.0 Å². The van der Waals surface area contributed by atoms with Gasteiger partial charge in [0.25, 0.3) is 0 Å². The number of pyridine rings is 5. The molecule has 6 rings (SSSR count). The molecule has 0 atom stereocenters. The molecule has 0 radical (unpaired) electrons. The number of nitrogens with one attached hydrogen (secondary N) is 3. The Morgan fingerprint density at radius 3 is 1.17 bits per heavy atom. The van der Waals surface area contributed by atoms with Gasteiger partial charge < -0.3 is 20.5 Å². The first-order valence-electron chi connectivity index (χ1n) is 22.6. The molecule has 0 aromatic carbocycles. The summed E-state index contributed by atoms with van der Waals surface area (Å²) in [7, 11) is -12.2. The molecule has 77 heavy (non-hydrogen) atoms. The molecule has 6 heterocycles. The first-order chi connectivity index (χ1) is 35.1. The van der Waals surface area contributed by atoms with Crippen molar-refractivity contribution in [1.29, 1.82) is 0 Å². The summed E-state index contributed by atoms with van der Waals surface area (Å²) in [5.74, 6) is -2.44. The SMILES string of the molecule is Cc1ccc(S(=O)(=O)C(C)(C)C(=O)Nc2cc(C(C)(C)C)on2)cn1.Cc1ccc(S(=O)(=O)C(C)(C)C(=O)Nc2ccc(C(F)(F)F)cn2)cn1.Cc1ccc(S(=O)(=O)C(C)(C)C(=O)Nc2cccc(C(F)(F)F)n2)cn1. The van der Waals surface area contributed by atoms with Crippen LogP contribution in [0, 0.1) is 20.8 Å². The Kier molecular flexibility index (Phi) is 18.5. The summed E-state index contributed by atoms with van der Waals surface area (Å²) in [5.41, 5.74) is -0.546. The lowest BCUT2D eigenvalue weighted by Crippen LogP contribution is -2.44. The Labute approximate surface area is 440 Å². The van der Waals surface area contributed by atoms with Crippen LogP contribution in [-0.2, 0) is 61.7 Å². The molecule has 3 amide bonds. The van der Waals surface area contributed by atoms with Gasteiger partial charge in [0.1, 0.15) is 37.3 Å². The van der Waals surface area contributed by atoms with Crippen LogP contribution >= 0.6 is 0 Å². The molecule has 6 aromatic rings. The average molecular weight is 1140 g/mol. The van der Waals surface area contributed by atoms with Crippen LogP contribution in [0.5, 0.6) is 0 Å². The van der Waals surface area contributed by atoms with Crippen molar-refractivity contribution < 1.29 is 70.5 Å². The second kappa shape index (κ2) is 22.8. The van der Waals surface area contributed by atoms with Crippen LogP contribution in [-0.4, -0.2) is 87.3 Å². The van der Waals surface area contributed by atoms with Crippen LogP contribution in [0.2, 0.25) is 0 Å². The van der Waals surface area contributed by atoms with Crippen LogP contribution in [0.3, 0.4) is 0 Å². The maximum Gasteiger partial charge on any atom is 0.433 e. The number of hydrogen-bond donors (Lipinski definition) is 3. The van der Waals surface area contributed by atoms with E-state index in [1.807, 2.05) is 20.8 Å². The van der Waals surface area contributed by atoms with E-state index < -0.39 is 90.9 Å². The lowest BCUT2D eigenvalue weighted by molar-refractivity contribution is -0.141. The maximum absolute atomic E-state index is 12.8. The normalized spacial score (nSPS) is 12.8. The number of amides is 3. The molecule has 0 saturated heterocycles. The minimum absolute atomic E-state index is 0.00576. The molecule has 0 aliphatic rings. The number of alkyl halides is 6. The Hall–Kier alpha value is -7.20. The summed E-state index contributed by atoms with van der Waals surface area (Å²) >= 11 is 0. The minimum atomic E-state index is -4.68. The van der Waals surface area contributed by atoms with Crippen molar-refractivity contribution in [3.8, 4) is 0 Å². The second-order valence-corrected chi connectivity index (χ2v) is 27.0. The molecule has 28 heteroatoms. The Balaban J connectivity index is 0.000000249. The molecule has 0 aliphatic heterocycles. The van der Waals surface area contributed by atoms with Crippen LogP contribution in [0.4, 0.5) is 43.8 Å². The van der Waals surface area contributed by atoms with Crippen molar-refractivity contribution in [3.63, 3.8) is 0 Å². The largest absolute Gasteiger partial charge is 0.433 e. The third-order valence-electron chi connectivity index (χ3n) is 11.3. The number of carbonyl (C=O) groups excluding carboxylic acids is 3. The fraction of sp³-hybridized carbons (Fsp3) is 0.367. The van der Waals surface area contributed by atoms with Crippen molar-refractivity contribution in [2.45, 2.75) is 130 Å². The first kappa shape index (κ1) is 62.3. The lowest BCUT2D eigenvalue weighted by Gasteiger charge is -2.23. The standard InChI is InChI=1S/C17H23N3O4S.2C16H16F3N3O3S/c1-11-7-8-12(10-18-11)25(22,23)17(5,6)15(21)19-14-9-13(24-20-14)16(2,3)4;1-10-4-6-12(9-20-10)26(24,25)15(2,3)14(23)22-13-7-5-11(8-21-13)16(17,18)19;1-10-7-8-11(9-20-10)26(24,25)15(2,3)14(23)22-13-6-4-5-12(21-13)16(17,18)19/h7-10H,1-6H3,(H,19,20,21);2*4-9H,1-3H3,(H,21,22,23). The second-order valence-electron chi connectivity index (χ2n) is 19.5. The van der Waals surface area contributed by atoms with Crippen LogP contribution in [0.25, 0.3) is 0 Å². The predicted molar refractivity (Wildman–Crippen MR) is 270 cm³/mol. The minimum Gasteiger partial charge on any atom is -0.359 e. The van der Waals surface area contributed by atoms with Gasteiger partial charge >= 0.3 is 12.4 Å². The van der Waals surface area contributed by atoms with E-state index in [1.165, 1.54) is 64.2 Å². The van der Waals surface area contributed by atoms with E-state index >= 15 is 0 Å². The smallest absolute Gasteiger partial charge is 0.359 e. The Morgan fingerprint density at radius 2 is 0.857 bits per heavy atom.